The Hall–Kier alpha value is -3.85. The maximum absolute atomic E-state index is 10.7. The molecule has 0 aliphatic carbocycles. The van der Waals surface area contributed by atoms with Gasteiger partial charge in [-0.05, 0) is 68.1 Å². The smallest absolute Gasteiger partial charge is 0.449 e. The van der Waals surface area contributed by atoms with Gasteiger partial charge in [-0.25, -0.2) is 4.79 Å². The molecule has 134 valence electrons. The SMILES string of the molecule is O=C(O)Oc1ccc(-c2ccc3cc2c2ccc(-c4ccccc4)c3c2)cc1. The lowest BCUT2D eigenvalue weighted by atomic mass is 9.90. The maximum Gasteiger partial charge on any atom is 0.511 e. The molecule has 0 saturated heterocycles. The zero-order chi connectivity index (χ0) is 19.1. The highest BCUT2D eigenvalue weighted by atomic mass is 16.7. The Kier molecular flexibility index (Phi) is 3.73. The van der Waals surface area contributed by atoms with E-state index in [4.69, 9.17) is 9.84 Å². The fraction of sp³-hybridized carbons (Fsp3) is 0. The number of benzene rings is 5. The van der Waals surface area contributed by atoms with Crippen LogP contribution in [0.25, 0.3) is 43.8 Å². The fourth-order valence-corrected chi connectivity index (χ4v) is 3.83. The summed E-state index contributed by atoms with van der Waals surface area (Å²) in [7, 11) is 0. The van der Waals surface area contributed by atoms with E-state index in [1.807, 2.05) is 18.2 Å². The van der Waals surface area contributed by atoms with Crippen LogP contribution in [0.2, 0.25) is 0 Å². The lowest BCUT2D eigenvalue weighted by Crippen LogP contribution is -2.02. The second-order valence-electron chi connectivity index (χ2n) is 6.78. The van der Waals surface area contributed by atoms with Crippen LogP contribution in [0.15, 0.2) is 91.0 Å². The van der Waals surface area contributed by atoms with Crippen LogP contribution in [0.4, 0.5) is 4.79 Å². The molecular formula is C25H16O3. The Labute approximate surface area is 161 Å². The lowest BCUT2D eigenvalue weighted by Gasteiger charge is -2.14. The van der Waals surface area contributed by atoms with Crippen LogP contribution in [-0.2, 0) is 0 Å². The predicted molar refractivity (Wildman–Crippen MR) is 112 cm³/mol. The topological polar surface area (TPSA) is 46.5 Å². The van der Waals surface area contributed by atoms with Gasteiger partial charge in [-0.1, -0.05) is 66.7 Å². The average Bonchev–Trinajstić information content (AvgIpc) is 2.73. The number of carbonyl (C=O) groups is 1. The van der Waals surface area contributed by atoms with E-state index >= 15 is 0 Å². The largest absolute Gasteiger partial charge is 0.511 e. The normalized spacial score (nSPS) is 11.1. The van der Waals surface area contributed by atoms with Gasteiger partial charge in [0.1, 0.15) is 5.75 Å². The van der Waals surface area contributed by atoms with Crippen molar-refractivity contribution in [3.63, 3.8) is 0 Å². The first-order valence-corrected chi connectivity index (χ1v) is 9.04. The molecule has 0 fully saturated rings. The maximum atomic E-state index is 10.7. The monoisotopic (exact) mass is 364 g/mol. The summed E-state index contributed by atoms with van der Waals surface area (Å²) in [6, 6.07) is 30.7. The van der Waals surface area contributed by atoms with E-state index in [0.717, 1.165) is 11.1 Å². The molecule has 0 unspecified atom stereocenters. The van der Waals surface area contributed by atoms with E-state index in [2.05, 4.69) is 60.7 Å². The van der Waals surface area contributed by atoms with Crippen molar-refractivity contribution < 1.29 is 14.6 Å². The zero-order valence-electron chi connectivity index (χ0n) is 14.9. The summed E-state index contributed by atoms with van der Waals surface area (Å²) in [5.41, 5.74) is 4.59. The van der Waals surface area contributed by atoms with Gasteiger partial charge in [0.05, 0.1) is 0 Å². The lowest BCUT2D eigenvalue weighted by molar-refractivity contribution is 0.144. The summed E-state index contributed by atoms with van der Waals surface area (Å²) in [6.07, 6.45) is -1.31. The Morgan fingerprint density at radius 2 is 1.18 bits per heavy atom. The van der Waals surface area contributed by atoms with Crippen molar-refractivity contribution in [2.45, 2.75) is 0 Å². The number of rotatable bonds is 3. The van der Waals surface area contributed by atoms with Crippen molar-refractivity contribution in [1.82, 2.24) is 0 Å². The summed E-state index contributed by atoms with van der Waals surface area (Å²) < 4.78 is 4.70. The molecule has 0 amide bonds. The number of fused-ring (bicyclic) bond motifs is 6. The molecule has 1 N–H and O–H groups in total. The summed E-state index contributed by atoms with van der Waals surface area (Å²) in [6.45, 7) is 0. The average molecular weight is 364 g/mol. The molecule has 0 radical (unpaired) electrons. The van der Waals surface area contributed by atoms with E-state index < -0.39 is 6.16 Å². The molecule has 0 heterocycles. The molecule has 28 heavy (non-hydrogen) atoms. The van der Waals surface area contributed by atoms with E-state index in [9.17, 15) is 4.79 Å². The van der Waals surface area contributed by atoms with Gasteiger partial charge < -0.3 is 9.84 Å². The van der Waals surface area contributed by atoms with Gasteiger partial charge >= 0.3 is 6.16 Å². The highest BCUT2D eigenvalue weighted by Gasteiger charge is 2.11. The van der Waals surface area contributed by atoms with Crippen molar-refractivity contribution in [3.05, 3.63) is 91.0 Å². The minimum absolute atomic E-state index is 0.316. The fourth-order valence-electron chi connectivity index (χ4n) is 3.83. The van der Waals surface area contributed by atoms with Crippen molar-refractivity contribution in [3.8, 4) is 28.0 Å². The second-order valence-corrected chi connectivity index (χ2v) is 6.78. The van der Waals surface area contributed by atoms with Gasteiger partial charge in [0.2, 0.25) is 0 Å². The molecule has 0 aliphatic heterocycles. The van der Waals surface area contributed by atoms with E-state index in [0.29, 0.717) is 5.75 Å². The Morgan fingerprint density at radius 3 is 1.71 bits per heavy atom. The quantitative estimate of drug-likeness (QED) is 0.282. The van der Waals surface area contributed by atoms with E-state index in [1.54, 1.807) is 12.1 Å². The first-order valence-electron chi connectivity index (χ1n) is 9.04. The Morgan fingerprint density at radius 1 is 0.643 bits per heavy atom. The third kappa shape index (κ3) is 2.74. The van der Waals surface area contributed by atoms with Crippen LogP contribution in [0, 0.1) is 0 Å². The van der Waals surface area contributed by atoms with Crippen molar-refractivity contribution >= 4 is 27.7 Å². The highest BCUT2D eigenvalue weighted by molar-refractivity contribution is 6.10. The first kappa shape index (κ1) is 16.3. The number of hydrogen-bond donors (Lipinski definition) is 1. The van der Waals surface area contributed by atoms with Gasteiger partial charge in [0.25, 0.3) is 0 Å². The number of ether oxygens (including phenoxy) is 1. The van der Waals surface area contributed by atoms with E-state index in [1.165, 1.54) is 32.7 Å². The van der Waals surface area contributed by atoms with Gasteiger partial charge in [-0.15, -0.1) is 0 Å². The van der Waals surface area contributed by atoms with E-state index in [-0.39, 0.29) is 0 Å². The second kappa shape index (κ2) is 6.39. The molecule has 3 nitrogen and oxygen atoms in total. The van der Waals surface area contributed by atoms with Gasteiger partial charge in [0, 0.05) is 0 Å². The molecule has 5 aromatic rings. The Bertz CT molecular complexity index is 1290. The van der Waals surface area contributed by atoms with Crippen LogP contribution in [0.5, 0.6) is 5.75 Å². The summed E-state index contributed by atoms with van der Waals surface area (Å²) in [5.74, 6) is 0.316. The van der Waals surface area contributed by atoms with Crippen LogP contribution < -0.4 is 4.74 Å². The Balaban J connectivity index is 1.63. The van der Waals surface area contributed by atoms with Gasteiger partial charge in [0.15, 0.2) is 0 Å². The molecule has 0 aliphatic rings. The molecule has 0 atom stereocenters. The molecule has 4 bridgehead atoms. The van der Waals surface area contributed by atoms with Gasteiger partial charge in [-0.2, -0.15) is 0 Å². The summed E-state index contributed by atoms with van der Waals surface area (Å²) in [5, 5.41) is 13.5. The van der Waals surface area contributed by atoms with Crippen molar-refractivity contribution in [2.24, 2.45) is 0 Å². The predicted octanol–water partition coefficient (Wildman–Crippen LogP) is 6.82. The molecule has 0 aromatic heterocycles. The summed E-state index contributed by atoms with van der Waals surface area (Å²) >= 11 is 0. The molecule has 5 rings (SSSR count). The molecule has 0 spiro atoms. The zero-order valence-corrected chi connectivity index (χ0v) is 14.9. The van der Waals surface area contributed by atoms with Crippen molar-refractivity contribution in [1.29, 1.82) is 0 Å². The first-order chi connectivity index (χ1) is 13.7. The molecular weight excluding hydrogens is 348 g/mol. The van der Waals surface area contributed by atoms with Crippen molar-refractivity contribution in [2.75, 3.05) is 0 Å². The van der Waals surface area contributed by atoms with Crippen LogP contribution in [0.1, 0.15) is 0 Å². The molecule has 3 heteroatoms. The third-order valence-corrected chi connectivity index (χ3v) is 5.12. The third-order valence-electron chi connectivity index (χ3n) is 5.12. The molecule has 5 aromatic carbocycles. The van der Waals surface area contributed by atoms with Crippen LogP contribution in [0.3, 0.4) is 0 Å². The standard InChI is InChI=1S/C25H16O3/c26-25(27)28-20-10-6-17(7-11-20)22-13-9-18-15-24(22)19-8-12-21(23(18)14-19)16-4-2-1-3-5-16/h1-15H,(H,26,27). The minimum Gasteiger partial charge on any atom is -0.449 e. The highest BCUT2D eigenvalue weighted by Crippen LogP contribution is 2.38. The number of hydrogen-bond acceptors (Lipinski definition) is 2. The number of carboxylic acid groups (broad SMARTS) is 1. The molecule has 0 saturated carbocycles. The summed E-state index contributed by atoms with van der Waals surface area (Å²) in [4.78, 5) is 10.7. The van der Waals surface area contributed by atoms with Crippen LogP contribution >= 0.6 is 0 Å². The van der Waals surface area contributed by atoms with Gasteiger partial charge in [-0.3, -0.25) is 0 Å². The minimum atomic E-state index is -1.31. The van der Waals surface area contributed by atoms with Crippen LogP contribution in [-0.4, -0.2) is 11.3 Å².